The molecule has 6 heteroatoms. The number of nitrogens with one attached hydrogen (secondary N) is 1. The molecule has 3 N–H and O–H groups in total. The molecule has 2 fully saturated rings. The van der Waals surface area contributed by atoms with Gasteiger partial charge in [0.1, 0.15) is 11.8 Å². The molecular formula is C18H19ClN4O. The Morgan fingerprint density at radius 1 is 1.29 bits per heavy atom. The summed E-state index contributed by atoms with van der Waals surface area (Å²) >= 11 is 6.06. The Labute approximate surface area is 145 Å². The average molecular weight is 343 g/mol. The maximum atomic E-state index is 13.0. The lowest BCUT2D eigenvalue weighted by Crippen LogP contribution is -2.48. The molecule has 1 amide bonds. The fourth-order valence-electron chi connectivity index (χ4n) is 3.56. The van der Waals surface area contributed by atoms with Crippen molar-refractivity contribution in [2.24, 2.45) is 11.7 Å². The van der Waals surface area contributed by atoms with Crippen LogP contribution < -0.4 is 11.1 Å². The van der Waals surface area contributed by atoms with Crippen molar-refractivity contribution in [1.82, 2.24) is 15.2 Å². The van der Waals surface area contributed by atoms with Crippen LogP contribution in [0.2, 0.25) is 5.02 Å². The number of benzene rings is 1. The predicted molar refractivity (Wildman–Crippen MR) is 93.0 cm³/mol. The SMILES string of the molecule is CN1C(=O)[C@](c2cccc(-c3cncc(Cl)c3)c2)(C2CC2)NC1N. The van der Waals surface area contributed by atoms with Crippen molar-refractivity contribution in [3.8, 4) is 11.1 Å². The number of likely N-dealkylation sites (N-methyl/N-ethyl adjacent to an activating group) is 1. The highest BCUT2D eigenvalue weighted by Gasteiger charge is 2.58. The number of nitrogens with two attached hydrogens (primary N) is 1. The van der Waals surface area contributed by atoms with Gasteiger partial charge in [-0.05, 0) is 42.0 Å². The number of hydrogen-bond donors (Lipinski definition) is 2. The zero-order valence-corrected chi connectivity index (χ0v) is 14.1. The summed E-state index contributed by atoms with van der Waals surface area (Å²) in [6.45, 7) is 0. The lowest BCUT2D eigenvalue weighted by atomic mass is 9.83. The van der Waals surface area contributed by atoms with Crippen LogP contribution in [0, 0.1) is 5.92 Å². The van der Waals surface area contributed by atoms with E-state index in [1.807, 2.05) is 30.3 Å². The summed E-state index contributed by atoms with van der Waals surface area (Å²) in [4.78, 5) is 18.7. The minimum Gasteiger partial charge on any atom is -0.316 e. The number of carbonyl (C=O) groups is 1. The summed E-state index contributed by atoms with van der Waals surface area (Å²) in [5, 5.41) is 3.94. The third-order valence-corrected chi connectivity index (χ3v) is 5.20. The van der Waals surface area contributed by atoms with Gasteiger partial charge in [0.05, 0.1) is 5.02 Å². The molecule has 2 heterocycles. The first kappa shape index (κ1) is 15.6. The third kappa shape index (κ3) is 2.32. The quantitative estimate of drug-likeness (QED) is 0.898. The molecule has 1 aliphatic heterocycles. The highest BCUT2D eigenvalue weighted by Crippen LogP contribution is 2.49. The van der Waals surface area contributed by atoms with Crippen molar-refractivity contribution in [3.05, 3.63) is 53.3 Å². The van der Waals surface area contributed by atoms with Crippen LogP contribution in [0.4, 0.5) is 0 Å². The monoisotopic (exact) mass is 342 g/mol. The molecular weight excluding hydrogens is 324 g/mol. The number of aromatic nitrogens is 1. The van der Waals surface area contributed by atoms with Gasteiger partial charge in [-0.3, -0.25) is 20.8 Å². The molecule has 1 aromatic carbocycles. The van der Waals surface area contributed by atoms with E-state index in [2.05, 4.69) is 10.3 Å². The van der Waals surface area contributed by atoms with Crippen LogP contribution in [0.1, 0.15) is 18.4 Å². The Morgan fingerprint density at radius 3 is 2.71 bits per heavy atom. The Bertz CT molecular complexity index is 807. The summed E-state index contributed by atoms with van der Waals surface area (Å²) < 4.78 is 0. The number of hydrogen-bond acceptors (Lipinski definition) is 4. The molecule has 124 valence electrons. The van der Waals surface area contributed by atoms with Crippen molar-refractivity contribution < 1.29 is 4.79 Å². The zero-order chi connectivity index (χ0) is 16.9. The summed E-state index contributed by atoms with van der Waals surface area (Å²) in [5.41, 5.74) is 8.22. The molecule has 1 aliphatic carbocycles. The zero-order valence-electron chi connectivity index (χ0n) is 13.4. The second kappa shape index (κ2) is 5.55. The molecule has 1 unspecified atom stereocenters. The molecule has 5 nitrogen and oxygen atoms in total. The number of rotatable bonds is 3. The van der Waals surface area contributed by atoms with Crippen LogP contribution in [0.5, 0.6) is 0 Å². The van der Waals surface area contributed by atoms with E-state index < -0.39 is 11.8 Å². The normalized spacial score (nSPS) is 26.9. The molecule has 1 aromatic heterocycles. The second-order valence-electron chi connectivity index (χ2n) is 6.56. The molecule has 2 aliphatic rings. The first-order chi connectivity index (χ1) is 11.5. The number of halogens is 1. The van der Waals surface area contributed by atoms with E-state index in [0.29, 0.717) is 5.02 Å². The van der Waals surface area contributed by atoms with E-state index in [9.17, 15) is 4.79 Å². The van der Waals surface area contributed by atoms with E-state index in [-0.39, 0.29) is 11.8 Å². The second-order valence-corrected chi connectivity index (χ2v) is 7.00. The number of nitrogens with zero attached hydrogens (tertiary/aromatic N) is 2. The summed E-state index contributed by atoms with van der Waals surface area (Å²) in [6.07, 6.45) is 4.98. The van der Waals surface area contributed by atoms with Crippen LogP contribution in [-0.2, 0) is 10.3 Å². The Kier molecular flexibility index (Phi) is 3.60. The highest BCUT2D eigenvalue weighted by molar-refractivity contribution is 6.30. The Hall–Kier alpha value is -1.95. The first-order valence-electron chi connectivity index (χ1n) is 8.04. The van der Waals surface area contributed by atoms with Crippen LogP contribution in [-0.4, -0.2) is 29.1 Å². The van der Waals surface area contributed by atoms with Gasteiger partial charge < -0.3 is 4.90 Å². The molecule has 24 heavy (non-hydrogen) atoms. The van der Waals surface area contributed by atoms with Crippen molar-refractivity contribution in [2.45, 2.75) is 24.7 Å². The Morgan fingerprint density at radius 2 is 2.08 bits per heavy atom. The standard InChI is InChI=1S/C18H19ClN4O/c1-23-16(24)18(13-5-6-13,22-17(23)20)14-4-2-3-11(7-14)12-8-15(19)10-21-9-12/h2-4,7-10,13,17,22H,5-6,20H2,1H3/t17?,18-/m1/s1. The van der Waals surface area contributed by atoms with Crippen LogP contribution in [0.25, 0.3) is 11.1 Å². The average Bonchev–Trinajstić information content (AvgIpc) is 3.40. The smallest absolute Gasteiger partial charge is 0.249 e. The van der Waals surface area contributed by atoms with E-state index in [4.69, 9.17) is 17.3 Å². The van der Waals surface area contributed by atoms with Gasteiger partial charge in [0.2, 0.25) is 5.91 Å². The van der Waals surface area contributed by atoms with E-state index in [1.165, 1.54) is 0 Å². The minimum atomic E-state index is -0.726. The van der Waals surface area contributed by atoms with Crippen molar-refractivity contribution in [2.75, 3.05) is 7.05 Å². The van der Waals surface area contributed by atoms with E-state index >= 15 is 0 Å². The summed E-state index contributed by atoms with van der Waals surface area (Å²) in [6, 6.07) is 9.88. The van der Waals surface area contributed by atoms with Gasteiger partial charge in [-0.25, -0.2) is 0 Å². The summed E-state index contributed by atoms with van der Waals surface area (Å²) in [5.74, 6) is 0.326. The minimum absolute atomic E-state index is 0.0406. The fraction of sp³-hybridized carbons (Fsp3) is 0.333. The van der Waals surface area contributed by atoms with E-state index in [1.54, 1.807) is 24.3 Å². The lowest BCUT2D eigenvalue weighted by molar-refractivity contribution is -0.133. The highest BCUT2D eigenvalue weighted by atomic mass is 35.5. The predicted octanol–water partition coefficient (Wildman–Crippen LogP) is 2.31. The summed E-state index contributed by atoms with van der Waals surface area (Å²) in [7, 11) is 1.74. The van der Waals surface area contributed by atoms with Gasteiger partial charge in [0, 0.05) is 25.0 Å². The largest absolute Gasteiger partial charge is 0.316 e. The van der Waals surface area contributed by atoms with Gasteiger partial charge >= 0.3 is 0 Å². The number of amides is 1. The molecule has 1 saturated carbocycles. The molecule has 0 radical (unpaired) electrons. The Balaban J connectivity index is 1.81. The van der Waals surface area contributed by atoms with Gasteiger partial charge in [-0.15, -0.1) is 0 Å². The van der Waals surface area contributed by atoms with Crippen molar-refractivity contribution in [3.63, 3.8) is 0 Å². The van der Waals surface area contributed by atoms with Gasteiger partial charge in [0.15, 0.2) is 0 Å². The molecule has 0 spiro atoms. The van der Waals surface area contributed by atoms with Gasteiger partial charge in [-0.2, -0.15) is 0 Å². The van der Waals surface area contributed by atoms with Gasteiger partial charge in [-0.1, -0.05) is 29.8 Å². The molecule has 1 saturated heterocycles. The molecule has 2 atom stereocenters. The van der Waals surface area contributed by atoms with Crippen LogP contribution >= 0.6 is 11.6 Å². The van der Waals surface area contributed by atoms with Crippen LogP contribution in [0.3, 0.4) is 0 Å². The van der Waals surface area contributed by atoms with Crippen molar-refractivity contribution in [1.29, 1.82) is 0 Å². The first-order valence-corrected chi connectivity index (χ1v) is 8.42. The molecule has 2 aromatic rings. The number of pyridine rings is 1. The maximum absolute atomic E-state index is 13.0. The fourth-order valence-corrected chi connectivity index (χ4v) is 3.74. The van der Waals surface area contributed by atoms with E-state index in [0.717, 1.165) is 29.5 Å². The lowest BCUT2D eigenvalue weighted by Gasteiger charge is -2.28. The maximum Gasteiger partial charge on any atom is 0.249 e. The molecule has 4 rings (SSSR count). The number of carbonyl (C=O) groups excluding carboxylic acids is 1. The van der Waals surface area contributed by atoms with Gasteiger partial charge in [0.25, 0.3) is 0 Å². The topological polar surface area (TPSA) is 71.2 Å². The molecule has 0 bridgehead atoms. The van der Waals surface area contributed by atoms with Crippen molar-refractivity contribution >= 4 is 17.5 Å². The third-order valence-electron chi connectivity index (χ3n) is 5.00. The van der Waals surface area contributed by atoms with Crippen LogP contribution in [0.15, 0.2) is 42.7 Å².